The number of hydrogen-bond donors (Lipinski definition) is 2. The smallest absolute Gasteiger partial charge is 0.269 e. The zero-order valence-corrected chi connectivity index (χ0v) is 14.4. The van der Waals surface area contributed by atoms with Crippen LogP contribution in [-0.2, 0) is 4.79 Å². The number of rotatable bonds is 7. The molecular weight excluding hydrogens is 409 g/mol. The Labute approximate surface area is 147 Å². The lowest BCUT2D eigenvalue weighted by Crippen LogP contribution is -2.13. The minimum atomic E-state index is -0.432. The molecule has 0 atom stereocenters. The summed E-state index contributed by atoms with van der Waals surface area (Å²) in [6.07, 6.45) is 1.08. The van der Waals surface area contributed by atoms with Gasteiger partial charge in [0.2, 0.25) is 5.91 Å². The van der Waals surface area contributed by atoms with Gasteiger partial charge in [0.15, 0.2) is 0 Å². The van der Waals surface area contributed by atoms with Crippen molar-refractivity contribution < 1.29 is 9.72 Å². The highest BCUT2D eigenvalue weighted by Gasteiger charge is 2.04. The maximum Gasteiger partial charge on any atom is 0.269 e. The Kier molecular flexibility index (Phi) is 6.33. The molecule has 23 heavy (non-hydrogen) atoms. The molecule has 0 aliphatic rings. The van der Waals surface area contributed by atoms with Gasteiger partial charge in [0, 0.05) is 40.0 Å². The van der Waals surface area contributed by atoms with Crippen molar-refractivity contribution in [3.05, 3.63) is 62.2 Å². The number of amides is 1. The molecule has 0 fully saturated rings. The van der Waals surface area contributed by atoms with Crippen LogP contribution in [-0.4, -0.2) is 17.4 Å². The lowest BCUT2D eigenvalue weighted by atomic mass is 10.2. The van der Waals surface area contributed by atoms with Gasteiger partial charge in [0.05, 0.1) is 4.92 Å². The zero-order valence-electron chi connectivity index (χ0n) is 12.3. The Morgan fingerprint density at radius 2 is 1.65 bits per heavy atom. The highest BCUT2D eigenvalue weighted by atomic mass is 127. The van der Waals surface area contributed by atoms with Gasteiger partial charge in [0.1, 0.15) is 0 Å². The fraction of sp³-hybridized carbons (Fsp3) is 0.188. The molecule has 0 heterocycles. The fourth-order valence-electron chi connectivity index (χ4n) is 1.94. The molecule has 1 amide bonds. The Hall–Kier alpha value is -2.16. The summed E-state index contributed by atoms with van der Waals surface area (Å²) in [7, 11) is 0. The lowest BCUT2D eigenvalue weighted by Gasteiger charge is -2.07. The van der Waals surface area contributed by atoms with Crippen molar-refractivity contribution in [3.63, 3.8) is 0 Å². The summed E-state index contributed by atoms with van der Waals surface area (Å²) in [5.41, 5.74) is 1.65. The van der Waals surface area contributed by atoms with E-state index in [-0.39, 0.29) is 11.6 Å². The normalized spacial score (nSPS) is 10.1. The molecule has 0 spiro atoms. The topological polar surface area (TPSA) is 84.3 Å². The molecule has 2 N–H and O–H groups in total. The van der Waals surface area contributed by atoms with Crippen molar-refractivity contribution in [3.8, 4) is 0 Å². The van der Waals surface area contributed by atoms with Gasteiger partial charge in [-0.2, -0.15) is 0 Å². The predicted octanol–water partition coefficient (Wildman–Crippen LogP) is 4.03. The number of nitrogens with one attached hydrogen (secondary N) is 2. The molecule has 0 bridgehead atoms. The van der Waals surface area contributed by atoms with E-state index in [0.717, 1.165) is 14.9 Å². The van der Waals surface area contributed by atoms with Gasteiger partial charge in [-0.1, -0.05) is 0 Å². The van der Waals surface area contributed by atoms with Gasteiger partial charge in [-0.05, 0) is 65.4 Å². The van der Waals surface area contributed by atoms with E-state index in [2.05, 4.69) is 33.2 Å². The molecule has 7 heteroatoms. The van der Waals surface area contributed by atoms with Crippen molar-refractivity contribution in [1.29, 1.82) is 0 Å². The molecule has 120 valence electrons. The van der Waals surface area contributed by atoms with Crippen molar-refractivity contribution in [1.82, 2.24) is 0 Å². The van der Waals surface area contributed by atoms with Crippen LogP contribution in [0.4, 0.5) is 17.1 Å². The van der Waals surface area contributed by atoms with Crippen LogP contribution in [0.15, 0.2) is 48.5 Å². The number of carbonyl (C=O) groups excluding carboxylic acids is 1. The first-order chi connectivity index (χ1) is 11.0. The Balaban J connectivity index is 1.69. The number of hydrogen-bond acceptors (Lipinski definition) is 4. The maximum atomic E-state index is 11.8. The number of benzene rings is 2. The van der Waals surface area contributed by atoms with Crippen LogP contribution < -0.4 is 10.6 Å². The molecule has 0 radical (unpaired) electrons. The van der Waals surface area contributed by atoms with Crippen LogP contribution >= 0.6 is 22.6 Å². The van der Waals surface area contributed by atoms with E-state index >= 15 is 0 Å². The summed E-state index contributed by atoms with van der Waals surface area (Å²) < 4.78 is 1.12. The van der Waals surface area contributed by atoms with Crippen molar-refractivity contribution in [2.45, 2.75) is 12.8 Å². The largest absolute Gasteiger partial charge is 0.385 e. The summed E-state index contributed by atoms with van der Waals surface area (Å²) >= 11 is 2.21. The lowest BCUT2D eigenvalue weighted by molar-refractivity contribution is -0.384. The average molecular weight is 425 g/mol. The molecule has 2 aromatic rings. The van der Waals surface area contributed by atoms with Gasteiger partial charge in [0.25, 0.3) is 5.69 Å². The summed E-state index contributed by atoms with van der Waals surface area (Å²) in [4.78, 5) is 21.9. The van der Waals surface area contributed by atoms with Crippen LogP contribution in [0, 0.1) is 13.7 Å². The van der Waals surface area contributed by atoms with Crippen LogP contribution in [0.2, 0.25) is 0 Å². The summed E-state index contributed by atoms with van der Waals surface area (Å²) in [6.45, 7) is 0.623. The van der Waals surface area contributed by atoms with Crippen molar-refractivity contribution in [2.24, 2.45) is 0 Å². The van der Waals surface area contributed by atoms with E-state index in [1.807, 2.05) is 24.3 Å². The van der Waals surface area contributed by atoms with Gasteiger partial charge < -0.3 is 10.6 Å². The number of nitro benzene ring substituents is 1. The fourth-order valence-corrected chi connectivity index (χ4v) is 2.30. The van der Waals surface area contributed by atoms with Gasteiger partial charge in [-0.15, -0.1) is 0 Å². The molecule has 0 unspecified atom stereocenters. The van der Waals surface area contributed by atoms with Crippen LogP contribution in [0.5, 0.6) is 0 Å². The Morgan fingerprint density at radius 1 is 1.04 bits per heavy atom. The predicted molar refractivity (Wildman–Crippen MR) is 98.6 cm³/mol. The number of non-ortho nitro benzene ring substituents is 1. The number of carbonyl (C=O) groups is 1. The third-order valence-corrected chi connectivity index (χ3v) is 3.84. The number of halogens is 1. The summed E-state index contributed by atoms with van der Waals surface area (Å²) in [5, 5.41) is 16.5. The number of nitro groups is 1. The highest BCUT2D eigenvalue weighted by Crippen LogP contribution is 2.15. The Bertz CT molecular complexity index is 672. The zero-order chi connectivity index (χ0) is 16.7. The van der Waals surface area contributed by atoms with Gasteiger partial charge in [-0.25, -0.2) is 0 Å². The van der Waals surface area contributed by atoms with Crippen LogP contribution in [0.25, 0.3) is 0 Å². The molecule has 0 aliphatic heterocycles. The first kappa shape index (κ1) is 17.2. The molecule has 2 aromatic carbocycles. The monoisotopic (exact) mass is 425 g/mol. The second kappa shape index (κ2) is 8.47. The standard InChI is InChI=1S/C16H16IN3O3/c17-12-3-5-14(6-4-12)19-16(21)2-1-11-18-13-7-9-15(10-8-13)20(22)23/h3-10,18H,1-2,11H2,(H,19,21). The van der Waals surface area contributed by atoms with E-state index in [4.69, 9.17) is 0 Å². The maximum absolute atomic E-state index is 11.8. The number of anilines is 2. The second-order valence-corrected chi connectivity index (χ2v) is 6.14. The minimum Gasteiger partial charge on any atom is -0.385 e. The quantitative estimate of drug-likeness (QED) is 0.304. The van der Waals surface area contributed by atoms with E-state index in [0.29, 0.717) is 19.4 Å². The third kappa shape index (κ3) is 5.85. The SMILES string of the molecule is O=C(CCCNc1ccc([N+](=O)[O-])cc1)Nc1ccc(I)cc1. The van der Waals surface area contributed by atoms with Crippen LogP contribution in [0.1, 0.15) is 12.8 Å². The first-order valence-corrected chi connectivity index (χ1v) is 8.16. The Morgan fingerprint density at radius 3 is 2.26 bits per heavy atom. The first-order valence-electron chi connectivity index (χ1n) is 7.08. The molecule has 6 nitrogen and oxygen atoms in total. The van der Waals surface area contributed by atoms with E-state index in [9.17, 15) is 14.9 Å². The third-order valence-electron chi connectivity index (χ3n) is 3.12. The second-order valence-electron chi connectivity index (χ2n) is 4.89. The summed E-state index contributed by atoms with van der Waals surface area (Å²) in [5.74, 6) is -0.0308. The molecule has 0 aromatic heterocycles. The van der Waals surface area contributed by atoms with E-state index in [1.54, 1.807) is 12.1 Å². The van der Waals surface area contributed by atoms with Crippen molar-refractivity contribution >= 4 is 45.6 Å². The van der Waals surface area contributed by atoms with E-state index < -0.39 is 4.92 Å². The average Bonchev–Trinajstić information content (AvgIpc) is 2.54. The van der Waals surface area contributed by atoms with Crippen LogP contribution in [0.3, 0.4) is 0 Å². The summed E-state index contributed by atoms with van der Waals surface area (Å²) in [6, 6.07) is 13.8. The molecule has 2 rings (SSSR count). The molecule has 0 saturated heterocycles. The molecule has 0 aliphatic carbocycles. The highest BCUT2D eigenvalue weighted by molar-refractivity contribution is 14.1. The van der Waals surface area contributed by atoms with E-state index in [1.165, 1.54) is 12.1 Å². The van der Waals surface area contributed by atoms with Gasteiger partial charge in [-0.3, -0.25) is 14.9 Å². The van der Waals surface area contributed by atoms with Crippen molar-refractivity contribution in [2.75, 3.05) is 17.2 Å². The molecular formula is C16H16IN3O3. The van der Waals surface area contributed by atoms with Gasteiger partial charge >= 0.3 is 0 Å². The molecule has 0 saturated carbocycles. The minimum absolute atomic E-state index is 0.0308. The number of nitrogens with zero attached hydrogens (tertiary/aromatic N) is 1.